The van der Waals surface area contributed by atoms with Gasteiger partial charge in [-0.1, -0.05) is 53.7 Å². The number of carbonyl (C=O) groups is 2. The average molecular weight is 414 g/mol. The molecule has 28 heavy (non-hydrogen) atoms. The first-order valence-corrected chi connectivity index (χ1v) is 10.1. The van der Waals surface area contributed by atoms with Gasteiger partial charge >= 0.3 is 0 Å². The summed E-state index contributed by atoms with van der Waals surface area (Å²) in [6.45, 7) is 3.39. The van der Waals surface area contributed by atoms with Crippen LogP contribution in [-0.2, 0) is 4.79 Å². The van der Waals surface area contributed by atoms with Gasteiger partial charge in [-0.2, -0.15) is 0 Å². The van der Waals surface area contributed by atoms with E-state index in [1.807, 2.05) is 54.1 Å². The first-order valence-electron chi connectivity index (χ1n) is 8.76. The van der Waals surface area contributed by atoms with Crippen molar-refractivity contribution >= 4 is 35.1 Å². The Hall–Kier alpha value is -2.57. The maximum atomic E-state index is 12.6. The molecule has 3 rings (SSSR count). The topological polar surface area (TPSA) is 64.0 Å². The molecule has 1 N–H and O–H groups in total. The first kappa shape index (κ1) is 20.2. The number of hydrogen-bond donors (Lipinski definition) is 1. The molecule has 0 fully saturated rings. The third-order valence-electron chi connectivity index (χ3n) is 4.18. The molecular formula is C21H20ClN3O2S. The van der Waals surface area contributed by atoms with Crippen LogP contribution in [0.3, 0.4) is 0 Å². The van der Waals surface area contributed by atoms with Crippen LogP contribution in [0.5, 0.6) is 0 Å². The lowest BCUT2D eigenvalue weighted by Crippen LogP contribution is -2.23. The molecule has 144 valence electrons. The first-order chi connectivity index (χ1) is 13.4. The van der Waals surface area contributed by atoms with Gasteiger partial charge in [-0.15, -0.1) is 0 Å². The fraction of sp³-hybridized carbons (Fsp3) is 0.190. The SMILES string of the molecule is CC(=O)NC(C)c1ccc(C(=O)CSc2nccn2-c2cccc(Cl)c2)cc1. The maximum Gasteiger partial charge on any atom is 0.217 e. The van der Waals surface area contributed by atoms with Crippen LogP contribution in [0.1, 0.15) is 35.8 Å². The highest BCUT2D eigenvalue weighted by atomic mass is 35.5. The van der Waals surface area contributed by atoms with Crippen LogP contribution >= 0.6 is 23.4 Å². The molecule has 5 nitrogen and oxygen atoms in total. The van der Waals surface area contributed by atoms with Crippen LogP contribution in [0.4, 0.5) is 0 Å². The Morgan fingerprint density at radius 2 is 1.96 bits per heavy atom. The van der Waals surface area contributed by atoms with Crippen LogP contribution in [0.15, 0.2) is 66.1 Å². The largest absolute Gasteiger partial charge is 0.350 e. The van der Waals surface area contributed by atoms with Gasteiger partial charge in [-0.05, 0) is 30.7 Å². The third-order valence-corrected chi connectivity index (χ3v) is 5.38. The number of Topliss-reactive ketones (excluding diaryl/α,β-unsaturated/α-hetero) is 1. The number of amides is 1. The molecule has 0 aliphatic heterocycles. The molecule has 0 saturated heterocycles. The zero-order valence-corrected chi connectivity index (χ0v) is 17.1. The van der Waals surface area contributed by atoms with E-state index in [-0.39, 0.29) is 23.5 Å². The van der Waals surface area contributed by atoms with Crippen molar-refractivity contribution in [3.8, 4) is 5.69 Å². The molecular weight excluding hydrogens is 394 g/mol. The summed E-state index contributed by atoms with van der Waals surface area (Å²) in [5.74, 6) is 0.210. The molecule has 0 aliphatic rings. The number of benzene rings is 2. The molecule has 0 radical (unpaired) electrons. The van der Waals surface area contributed by atoms with E-state index in [1.165, 1.54) is 18.7 Å². The minimum Gasteiger partial charge on any atom is -0.350 e. The van der Waals surface area contributed by atoms with E-state index >= 15 is 0 Å². The normalized spacial score (nSPS) is 11.8. The molecule has 1 unspecified atom stereocenters. The molecule has 0 bridgehead atoms. The number of rotatable bonds is 7. The zero-order valence-electron chi connectivity index (χ0n) is 15.6. The van der Waals surface area contributed by atoms with Gasteiger partial charge < -0.3 is 5.32 Å². The lowest BCUT2D eigenvalue weighted by molar-refractivity contribution is -0.119. The predicted octanol–water partition coefficient (Wildman–Crippen LogP) is 4.70. The van der Waals surface area contributed by atoms with E-state index in [9.17, 15) is 9.59 Å². The van der Waals surface area contributed by atoms with Crippen molar-refractivity contribution in [3.63, 3.8) is 0 Å². The van der Waals surface area contributed by atoms with E-state index in [2.05, 4.69) is 10.3 Å². The fourth-order valence-corrected chi connectivity index (χ4v) is 3.83. The molecule has 1 heterocycles. The van der Waals surface area contributed by atoms with Crippen molar-refractivity contribution in [2.45, 2.75) is 25.0 Å². The van der Waals surface area contributed by atoms with Crippen molar-refractivity contribution in [1.82, 2.24) is 14.9 Å². The lowest BCUT2D eigenvalue weighted by Gasteiger charge is -2.13. The molecule has 0 saturated carbocycles. The second-order valence-electron chi connectivity index (χ2n) is 6.32. The van der Waals surface area contributed by atoms with Gasteiger partial charge in [-0.3, -0.25) is 14.2 Å². The summed E-state index contributed by atoms with van der Waals surface area (Å²) in [7, 11) is 0. The molecule has 1 amide bonds. The minimum absolute atomic E-state index is 0.0179. The summed E-state index contributed by atoms with van der Waals surface area (Å²) in [6, 6.07) is 14.7. The smallest absolute Gasteiger partial charge is 0.217 e. The van der Waals surface area contributed by atoms with Crippen molar-refractivity contribution < 1.29 is 9.59 Å². The number of imidazole rings is 1. The fourth-order valence-electron chi connectivity index (χ4n) is 2.78. The maximum absolute atomic E-state index is 12.6. The van der Waals surface area contributed by atoms with Gasteiger partial charge in [-0.25, -0.2) is 4.98 Å². The Morgan fingerprint density at radius 1 is 1.21 bits per heavy atom. The Kier molecular flexibility index (Phi) is 6.54. The Morgan fingerprint density at radius 3 is 2.64 bits per heavy atom. The quantitative estimate of drug-likeness (QED) is 0.450. The van der Waals surface area contributed by atoms with Crippen molar-refractivity contribution in [2.75, 3.05) is 5.75 Å². The van der Waals surface area contributed by atoms with Crippen molar-refractivity contribution in [3.05, 3.63) is 77.1 Å². The van der Waals surface area contributed by atoms with Crippen LogP contribution in [0.2, 0.25) is 5.02 Å². The summed E-state index contributed by atoms with van der Waals surface area (Å²) in [4.78, 5) is 28.1. The van der Waals surface area contributed by atoms with E-state index in [1.54, 1.807) is 18.3 Å². The second kappa shape index (κ2) is 9.08. The van der Waals surface area contributed by atoms with Gasteiger partial charge in [0, 0.05) is 35.6 Å². The standard InChI is InChI=1S/C21H20ClN3O2S/c1-14(24-15(2)26)16-6-8-17(9-7-16)20(27)13-28-21-23-10-11-25(21)19-5-3-4-18(22)12-19/h3-12,14H,13H2,1-2H3,(H,24,26). The highest BCUT2D eigenvalue weighted by Gasteiger charge is 2.12. The van der Waals surface area contributed by atoms with Gasteiger partial charge in [0.2, 0.25) is 5.91 Å². The summed E-state index contributed by atoms with van der Waals surface area (Å²) in [6.07, 6.45) is 3.54. The number of ketones is 1. The highest BCUT2D eigenvalue weighted by molar-refractivity contribution is 7.99. The monoisotopic (exact) mass is 413 g/mol. The van der Waals surface area contributed by atoms with Crippen LogP contribution in [0, 0.1) is 0 Å². The van der Waals surface area contributed by atoms with Crippen molar-refractivity contribution in [1.29, 1.82) is 0 Å². The molecule has 7 heteroatoms. The summed E-state index contributed by atoms with van der Waals surface area (Å²) < 4.78 is 1.90. The van der Waals surface area contributed by atoms with E-state index in [0.29, 0.717) is 10.6 Å². The van der Waals surface area contributed by atoms with Gasteiger partial charge in [0.25, 0.3) is 0 Å². The molecule has 0 aliphatic carbocycles. The minimum atomic E-state index is -0.0961. The average Bonchev–Trinajstić information content (AvgIpc) is 3.14. The third kappa shape index (κ3) is 5.03. The molecule has 1 atom stereocenters. The van der Waals surface area contributed by atoms with E-state index in [0.717, 1.165) is 16.4 Å². The van der Waals surface area contributed by atoms with E-state index in [4.69, 9.17) is 11.6 Å². The zero-order chi connectivity index (χ0) is 20.1. The van der Waals surface area contributed by atoms with Crippen LogP contribution in [-0.4, -0.2) is 27.0 Å². The summed E-state index contributed by atoms with van der Waals surface area (Å²) >= 11 is 7.45. The number of thioether (sulfide) groups is 1. The molecule has 1 aromatic heterocycles. The second-order valence-corrected chi connectivity index (χ2v) is 7.69. The van der Waals surface area contributed by atoms with Gasteiger partial charge in [0.05, 0.1) is 11.8 Å². The van der Waals surface area contributed by atoms with Crippen LogP contribution < -0.4 is 5.32 Å². The number of hydrogen-bond acceptors (Lipinski definition) is 4. The number of nitrogens with one attached hydrogen (secondary N) is 1. The highest BCUT2D eigenvalue weighted by Crippen LogP contribution is 2.23. The number of aromatic nitrogens is 2. The molecule has 0 spiro atoms. The van der Waals surface area contributed by atoms with Gasteiger partial charge in [0.15, 0.2) is 10.9 Å². The number of nitrogens with zero attached hydrogens (tertiary/aromatic N) is 2. The summed E-state index contributed by atoms with van der Waals surface area (Å²) in [5, 5.41) is 4.20. The molecule has 2 aromatic carbocycles. The lowest BCUT2D eigenvalue weighted by atomic mass is 10.0. The van der Waals surface area contributed by atoms with Gasteiger partial charge in [0.1, 0.15) is 0 Å². The Balaban J connectivity index is 1.65. The Bertz CT molecular complexity index is 985. The summed E-state index contributed by atoms with van der Waals surface area (Å²) in [5.41, 5.74) is 2.49. The number of carbonyl (C=O) groups excluding carboxylic acids is 2. The van der Waals surface area contributed by atoms with Crippen LogP contribution in [0.25, 0.3) is 5.69 Å². The Labute approximate surface area is 173 Å². The molecule has 3 aromatic rings. The number of halogens is 1. The van der Waals surface area contributed by atoms with E-state index < -0.39 is 0 Å². The predicted molar refractivity (Wildman–Crippen MR) is 112 cm³/mol. The van der Waals surface area contributed by atoms with Crippen molar-refractivity contribution in [2.24, 2.45) is 0 Å².